The molecule has 4 bridgehead atoms. The number of hydrogen-bond donors (Lipinski definition) is 5. The SMILES string of the molecule is CCN(CC)CC.CCN(CC)CC.O=C1NCCOCCOP(=O)(O)OP(=O)(O)OC[C@H]2O[C@H]([C@H](O)[C@@H]2O)n2cc1nn2. The average molecular weight is 677 g/mol. The van der Waals surface area contributed by atoms with Crippen LogP contribution in [-0.2, 0) is 32.0 Å². The summed E-state index contributed by atoms with van der Waals surface area (Å²) in [5.41, 5.74) is -0.101. The Labute approximate surface area is 258 Å². The lowest BCUT2D eigenvalue weighted by atomic mass is 10.1. The van der Waals surface area contributed by atoms with Crippen LogP contribution < -0.4 is 5.32 Å². The van der Waals surface area contributed by atoms with Gasteiger partial charge in [-0.3, -0.25) is 13.8 Å². The minimum absolute atomic E-state index is 0.0136. The monoisotopic (exact) mass is 676 g/mol. The molecule has 258 valence electrons. The molecule has 5 N–H and O–H groups in total. The number of carbonyl (C=O) groups excluding carboxylic acids is 1. The lowest BCUT2D eigenvalue weighted by molar-refractivity contribution is -0.0587. The van der Waals surface area contributed by atoms with Crippen LogP contribution in [0.25, 0.3) is 0 Å². The predicted molar refractivity (Wildman–Crippen MR) is 159 cm³/mol. The highest BCUT2D eigenvalue weighted by Gasteiger charge is 2.46. The van der Waals surface area contributed by atoms with Crippen molar-refractivity contribution in [2.45, 2.75) is 66.1 Å². The third-order valence-corrected chi connectivity index (χ3v) is 9.28. The number of aliphatic hydroxyl groups excluding tert-OH is 2. The summed E-state index contributed by atoms with van der Waals surface area (Å²) in [5, 5.41) is 30.1. The molecule has 18 nitrogen and oxygen atoms in total. The summed E-state index contributed by atoms with van der Waals surface area (Å²) >= 11 is 0. The highest BCUT2D eigenvalue weighted by molar-refractivity contribution is 7.61. The molecule has 2 aliphatic rings. The van der Waals surface area contributed by atoms with Crippen LogP contribution in [0.3, 0.4) is 0 Å². The number of phosphoric ester groups is 2. The first kappa shape index (κ1) is 40.7. The Kier molecular flexibility index (Phi) is 19.1. The van der Waals surface area contributed by atoms with Gasteiger partial charge in [0.25, 0.3) is 5.91 Å². The normalized spacial score (nSPS) is 30.2. The standard InChI is InChI=1S/C12H20N4O12P2.2C6H15N/c17-9-8-6-26-30(22,23)28-29(20,21)25-4-3-24-2-1-13-11(19)7-5-16(15-14-7)12(27-8)10(9)18;2*1-4-7(5-2)6-3/h5,8-10,12,17-18H,1-4,6H2,(H,13,19)(H,20,21)(H,22,23);2*4-6H2,1-3H3/t8-,9-,10-,12-;;/m1../s1. The Morgan fingerprint density at radius 2 is 1.43 bits per heavy atom. The van der Waals surface area contributed by atoms with Crippen molar-refractivity contribution >= 4 is 21.6 Å². The maximum absolute atomic E-state index is 12.1. The van der Waals surface area contributed by atoms with Crippen LogP contribution in [0.2, 0.25) is 0 Å². The van der Waals surface area contributed by atoms with Crippen LogP contribution in [0, 0.1) is 0 Å². The van der Waals surface area contributed by atoms with E-state index < -0.39 is 59.3 Å². The van der Waals surface area contributed by atoms with Crippen molar-refractivity contribution in [1.29, 1.82) is 0 Å². The van der Waals surface area contributed by atoms with E-state index in [4.69, 9.17) is 9.47 Å². The molecule has 3 rings (SSSR count). The van der Waals surface area contributed by atoms with Crippen molar-refractivity contribution in [2.24, 2.45) is 0 Å². The molecule has 20 heteroatoms. The summed E-state index contributed by atoms with van der Waals surface area (Å²) in [6.45, 7) is 18.9. The molecule has 0 aliphatic carbocycles. The zero-order valence-electron chi connectivity index (χ0n) is 26.4. The average Bonchev–Trinajstić information content (AvgIpc) is 3.58. The molecule has 3 heterocycles. The van der Waals surface area contributed by atoms with Crippen LogP contribution in [0.4, 0.5) is 0 Å². The number of rotatable bonds is 6. The molecule has 0 spiro atoms. The smallest absolute Gasteiger partial charge is 0.387 e. The fraction of sp³-hybridized carbons (Fsp3) is 0.875. The van der Waals surface area contributed by atoms with Crippen molar-refractivity contribution in [1.82, 2.24) is 30.1 Å². The number of phosphoric acid groups is 2. The Hall–Kier alpha value is -1.37. The number of hydrogen-bond acceptors (Lipinski definition) is 14. The van der Waals surface area contributed by atoms with Crippen LogP contribution >= 0.6 is 15.6 Å². The third kappa shape index (κ3) is 14.4. The fourth-order valence-corrected chi connectivity index (χ4v) is 5.98. The molecule has 1 aromatic rings. The second kappa shape index (κ2) is 20.7. The molecular formula is C24H50N6O12P2. The molecule has 0 radical (unpaired) electrons. The third-order valence-electron chi connectivity index (χ3n) is 6.65. The first-order chi connectivity index (χ1) is 20.8. The van der Waals surface area contributed by atoms with Gasteiger partial charge in [-0.2, -0.15) is 4.31 Å². The topological polar surface area (TPSA) is 227 Å². The van der Waals surface area contributed by atoms with Crippen molar-refractivity contribution in [3.05, 3.63) is 11.9 Å². The molecule has 1 saturated heterocycles. The summed E-state index contributed by atoms with van der Waals surface area (Å²) in [6.07, 6.45) is -4.60. The van der Waals surface area contributed by atoms with Gasteiger partial charge in [0.2, 0.25) is 0 Å². The van der Waals surface area contributed by atoms with Crippen LogP contribution in [0.5, 0.6) is 0 Å². The van der Waals surface area contributed by atoms with Gasteiger partial charge in [0.1, 0.15) is 18.3 Å². The molecule has 1 fully saturated rings. The maximum Gasteiger partial charge on any atom is 0.481 e. The highest BCUT2D eigenvalue weighted by Crippen LogP contribution is 2.60. The lowest BCUT2D eigenvalue weighted by Crippen LogP contribution is -2.33. The first-order valence-electron chi connectivity index (χ1n) is 14.7. The number of amides is 1. The van der Waals surface area contributed by atoms with E-state index in [2.05, 4.69) is 80.3 Å². The van der Waals surface area contributed by atoms with Crippen molar-refractivity contribution in [2.75, 3.05) is 72.2 Å². The van der Waals surface area contributed by atoms with Gasteiger partial charge in [-0.1, -0.05) is 46.8 Å². The van der Waals surface area contributed by atoms with E-state index in [1.54, 1.807) is 0 Å². The minimum Gasteiger partial charge on any atom is -0.387 e. The Balaban J connectivity index is 0.000000574. The quantitative estimate of drug-likeness (QED) is 0.260. The van der Waals surface area contributed by atoms with Crippen LogP contribution in [0.15, 0.2) is 6.20 Å². The van der Waals surface area contributed by atoms with Crippen LogP contribution in [0.1, 0.15) is 58.3 Å². The molecule has 2 aliphatic heterocycles. The maximum atomic E-state index is 12.1. The zero-order valence-corrected chi connectivity index (χ0v) is 28.1. The van der Waals surface area contributed by atoms with Gasteiger partial charge in [-0.25, -0.2) is 13.8 Å². The van der Waals surface area contributed by atoms with E-state index in [0.29, 0.717) is 0 Å². The first-order valence-corrected chi connectivity index (χ1v) is 17.7. The van der Waals surface area contributed by atoms with Gasteiger partial charge in [0.05, 0.1) is 32.6 Å². The number of aliphatic hydroxyl groups is 2. The predicted octanol–water partition coefficient (Wildman–Crippen LogP) is 0.604. The molecule has 1 aromatic heterocycles. The van der Waals surface area contributed by atoms with Gasteiger partial charge in [0.15, 0.2) is 11.9 Å². The summed E-state index contributed by atoms with van der Waals surface area (Å²) in [7, 11) is -10.1. The second-order valence-electron chi connectivity index (χ2n) is 9.39. The zero-order chi connectivity index (χ0) is 33.3. The Morgan fingerprint density at radius 3 is 1.95 bits per heavy atom. The Morgan fingerprint density at radius 1 is 0.886 bits per heavy atom. The van der Waals surface area contributed by atoms with E-state index in [0.717, 1.165) is 4.68 Å². The van der Waals surface area contributed by atoms with Gasteiger partial charge < -0.3 is 44.6 Å². The van der Waals surface area contributed by atoms with E-state index in [1.807, 2.05) is 0 Å². The fourth-order valence-electron chi connectivity index (χ4n) is 3.92. The van der Waals surface area contributed by atoms with Crippen LogP contribution in [-0.4, -0.2) is 141 Å². The summed E-state index contributed by atoms with van der Waals surface area (Å²) in [6, 6.07) is 0. The largest absolute Gasteiger partial charge is 0.481 e. The second-order valence-corrected chi connectivity index (χ2v) is 12.4. The Bertz CT molecular complexity index is 1020. The van der Waals surface area contributed by atoms with Crippen molar-refractivity contribution < 1.29 is 56.8 Å². The van der Waals surface area contributed by atoms with Gasteiger partial charge in [-0.15, -0.1) is 5.10 Å². The molecule has 0 saturated carbocycles. The van der Waals surface area contributed by atoms with Crippen molar-refractivity contribution in [3.8, 4) is 0 Å². The number of aromatic nitrogens is 3. The summed E-state index contributed by atoms with van der Waals surface area (Å²) < 4.78 is 48.3. The van der Waals surface area contributed by atoms with Gasteiger partial charge >= 0.3 is 15.6 Å². The summed E-state index contributed by atoms with van der Waals surface area (Å²) in [4.78, 5) is 35.9. The van der Waals surface area contributed by atoms with Gasteiger partial charge in [0, 0.05) is 6.54 Å². The molecule has 6 atom stereocenters. The molecule has 2 unspecified atom stereocenters. The lowest BCUT2D eigenvalue weighted by Gasteiger charge is -2.19. The number of fused-ring (bicyclic) bond motifs is 5. The number of nitrogens with one attached hydrogen (secondary N) is 1. The van der Waals surface area contributed by atoms with Gasteiger partial charge in [-0.05, 0) is 39.3 Å². The molecule has 44 heavy (non-hydrogen) atoms. The molecule has 0 aromatic carbocycles. The number of nitrogens with zero attached hydrogens (tertiary/aromatic N) is 5. The van der Waals surface area contributed by atoms with Crippen molar-refractivity contribution in [3.63, 3.8) is 0 Å². The summed E-state index contributed by atoms with van der Waals surface area (Å²) in [5.74, 6) is -0.596. The molecule has 1 amide bonds. The minimum atomic E-state index is -5.10. The van der Waals surface area contributed by atoms with E-state index >= 15 is 0 Å². The highest BCUT2D eigenvalue weighted by atomic mass is 31.3. The number of ether oxygens (including phenoxy) is 2. The number of carbonyl (C=O) groups is 1. The molecular weight excluding hydrogens is 626 g/mol. The van der Waals surface area contributed by atoms with E-state index in [9.17, 15) is 33.9 Å². The van der Waals surface area contributed by atoms with E-state index in [1.165, 1.54) is 45.5 Å². The van der Waals surface area contributed by atoms with E-state index in [-0.39, 0.29) is 25.5 Å².